The molecular formula is C15H20N2O3S. The number of hydrogen-bond acceptors (Lipinski definition) is 5. The van der Waals surface area contributed by atoms with Crippen molar-refractivity contribution in [1.82, 2.24) is 10.3 Å². The van der Waals surface area contributed by atoms with Gasteiger partial charge in [-0.3, -0.25) is 4.79 Å². The molecule has 2 N–H and O–H groups in total. The van der Waals surface area contributed by atoms with E-state index in [1.165, 1.54) is 11.8 Å². The summed E-state index contributed by atoms with van der Waals surface area (Å²) in [6, 6.07) is 8.04. The molecule has 2 aromatic rings. The number of rotatable bonds is 8. The van der Waals surface area contributed by atoms with Gasteiger partial charge in [-0.05, 0) is 25.0 Å². The zero-order chi connectivity index (χ0) is 15.1. The van der Waals surface area contributed by atoms with E-state index in [1.54, 1.807) is 11.3 Å². The zero-order valence-corrected chi connectivity index (χ0v) is 12.9. The van der Waals surface area contributed by atoms with Gasteiger partial charge in [0.2, 0.25) is 5.91 Å². The molecule has 1 aromatic heterocycles. The SMILES string of the molecule is COCC(O)CNC(=O)CCCc1nc2ccccc2s1. The van der Waals surface area contributed by atoms with Crippen molar-refractivity contribution in [2.75, 3.05) is 20.3 Å². The summed E-state index contributed by atoms with van der Waals surface area (Å²) < 4.78 is 5.98. The predicted molar refractivity (Wildman–Crippen MR) is 83.5 cm³/mol. The van der Waals surface area contributed by atoms with Crippen LogP contribution in [0.3, 0.4) is 0 Å². The van der Waals surface area contributed by atoms with E-state index in [0.29, 0.717) is 6.42 Å². The summed E-state index contributed by atoms with van der Waals surface area (Å²) in [7, 11) is 1.52. The Kier molecular flexibility index (Phi) is 6.10. The van der Waals surface area contributed by atoms with Gasteiger partial charge in [0.25, 0.3) is 0 Å². The summed E-state index contributed by atoms with van der Waals surface area (Å²) in [6.45, 7) is 0.458. The first kappa shape index (κ1) is 15.9. The number of aliphatic hydroxyl groups excluding tert-OH is 1. The molecule has 6 heteroatoms. The molecule has 5 nitrogen and oxygen atoms in total. The third kappa shape index (κ3) is 5.08. The van der Waals surface area contributed by atoms with Crippen molar-refractivity contribution in [3.63, 3.8) is 0 Å². The number of aromatic nitrogens is 1. The second kappa shape index (κ2) is 8.07. The summed E-state index contributed by atoms with van der Waals surface area (Å²) in [6.07, 6.45) is 1.35. The number of methoxy groups -OCH3 is 1. The monoisotopic (exact) mass is 308 g/mol. The minimum atomic E-state index is -0.650. The number of benzene rings is 1. The summed E-state index contributed by atoms with van der Waals surface area (Å²) in [5.41, 5.74) is 1.02. The van der Waals surface area contributed by atoms with Crippen LogP contribution in [0, 0.1) is 0 Å². The number of nitrogens with one attached hydrogen (secondary N) is 1. The Morgan fingerprint density at radius 1 is 1.48 bits per heavy atom. The Morgan fingerprint density at radius 2 is 2.29 bits per heavy atom. The maximum absolute atomic E-state index is 11.6. The normalized spacial score (nSPS) is 12.5. The van der Waals surface area contributed by atoms with E-state index >= 15 is 0 Å². The number of ether oxygens (including phenoxy) is 1. The third-order valence-corrected chi connectivity index (χ3v) is 4.12. The van der Waals surface area contributed by atoms with Gasteiger partial charge in [-0.2, -0.15) is 0 Å². The number of fused-ring (bicyclic) bond motifs is 1. The van der Waals surface area contributed by atoms with Gasteiger partial charge in [0.1, 0.15) is 0 Å². The van der Waals surface area contributed by atoms with Crippen LogP contribution in [0.4, 0.5) is 0 Å². The Morgan fingerprint density at radius 3 is 3.05 bits per heavy atom. The number of aryl methyl sites for hydroxylation is 1. The molecule has 0 spiro atoms. The maximum Gasteiger partial charge on any atom is 0.220 e. The van der Waals surface area contributed by atoms with Gasteiger partial charge >= 0.3 is 0 Å². The van der Waals surface area contributed by atoms with Crippen LogP contribution >= 0.6 is 11.3 Å². The van der Waals surface area contributed by atoms with E-state index in [2.05, 4.69) is 16.4 Å². The fourth-order valence-electron chi connectivity index (χ4n) is 2.00. The van der Waals surface area contributed by atoms with Crippen LogP contribution in [0.1, 0.15) is 17.8 Å². The molecule has 1 unspecified atom stereocenters. The largest absolute Gasteiger partial charge is 0.389 e. The van der Waals surface area contributed by atoms with Crippen molar-refractivity contribution < 1.29 is 14.6 Å². The number of hydrogen-bond donors (Lipinski definition) is 2. The number of thiazole rings is 1. The van der Waals surface area contributed by atoms with Crippen LogP contribution < -0.4 is 5.32 Å². The molecule has 1 amide bonds. The predicted octanol–water partition coefficient (Wildman–Crippen LogP) is 1.74. The fraction of sp³-hybridized carbons (Fsp3) is 0.467. The molecule has 0 aliphatic carbocycles. The van der Waals surface area contributed by atoms with Crippen LogP contribution in [-0.4, -0.2) is 42.4 Å². The molecular weight excluding hydrogens is 288 g/mol. The van der Waals surface area contributed by atoms with Crippen LogP contribution in [-0.2, 0) is 16.0 Å². The average molecular weight is 308 g/mol. The van der Waals surface area contributed by atoms with E-state index in [1.807, 2.05) is 18.2 Å². The van der Waals surface area contributed by atoms with E-state index in [-0.39, 0.29) is 19.1 Å². The van der Waals surface area contributed by atoms with E-state index < -0.39 is 6.10 Å². The van der Waals surface area contributed by atoms with Crippen LogP contribution in [0.25, 0.3) is 10.2 Å². The summed E-state index contributed by atoms with van der Waals surface area (Å²) in [5.74, 6) is -0.0498. The summed E-state index contributed by atoms with van der Waals surface area (Å²) >= 11 is 1.67. The number of amides is 1. The van der Waals surface area contributed by atoms with Crippen molar-refractivity contribution in [3.8, 4) is 0 Å². The van der Waals surface area contributed by atoms with E-state index in [4.69, 9.17) is 4.74 Å². The van der Waals surface area contributed by atoms with Crippen molar-refractivity contribution in [1.29, 1.82) is 0 Å². The molecule has 1 atom stereocenters. The highest BCUT2D eigenvalue weighted by Crippen LogP contribution is 2.22. The molecule has 0 aliphatic rings. The highest BCUT2D eigenvalue weighted by atomic mass is 32.1. The lowest BCUT2D eigenvalue weighted by Crippen LogP contribution is -2.34. The number of carbonyl (C=O) groups excluding carboxylic acids is 1. The first-order chi connectivity index (χ1) is 10.2. The van der Waals surface area contributed by atoms with Crippen molar-refractivity contribution in [3.05, 3.63) is 29.3 Å². The van der Waals surface area contributed by atoms with Crippen molar-refractivity contribution in [2.24, 2.45) is 0 Å². The lowest BCUT2D eigenvalue weighted by atomic mass is 10.2. The summed E-state index contributed by atoms with van der Waals surface area (Å²) in [5, 5.41) is 13.2. The quantitative estimate of drug-likeness (QED) is 0.779. The Labute approximate surface area is 128 Å². The minimum Gasteiger partial charge on any atom is -0.389 e. The Bertz CT molecular complexity index is 552. The van der Waals surface area contributed by atoms with E-state index in [0.717, 1.165) is 23.4 Å². The maximum atomic E-state index is 11.6. The molecule has 0 aliphatic heterocycles. The topological polar surface area (TPSA) is 71.5 Å². The molecule has 1 heterocycles. The van der Waals surface area contributed by atoms with Crippen LogP contribution in [0.15, 0.2) is 24.3 Å². The van der Waals surface area contributed by atoms with Crippen molar-refractivity contribution >= 4 is 27.5 Å². The molecule has 114 valence electrons. The number of para-hydroxylation sites is 1. The van der Waals surface area contributed by atoms with Crippen molar-refractivity contribution in [2.45, 2.75) is 25.4 Å². The van der Waals surface area contributed by atoms with Gasteiger partial charge in [0.05, 0.1) is 27.9 Å². The van der Waals surface area contributed by atoms with Crippen LogP contribution in [0.5, 0.6) is 0 Å². The number of carbonyl (C=O) groups is 1. The van der Waals surface area contributed by atoms with Gasteiger partial charge in [-0.25, -0.2) is 4.98 Å². The van der Waals surface area contributed by atoms with Crippen LogP contribution in [0.2, 0.25) is 0 Å². The molecule has 2 rings (SSSR count). The van der Waals surface area contributed by atoms with Gasteiger partial charge in [0, 0.05) is 20.1 Å². The highest BCUT2D eigenvalue weighted by Gasteiger charge is 2.08. The van der Waals surface area contributed by atoms with Gasteiger partial charge in [0.15, 0.2) is 0 Å². The Hall–Kier alpha value is -1.50. The number of nitrogens with zero attached hydrogens (tertiary/aromatic N) is 1. The molecule has 0 bridgehead atoms. The van der Waals surface area contributed by atoms with E-state index in [9.17, 15) is 9.90 Å². The molecule has 0 saturated heterocycles. The molecule has 0 fully saturated rings. The van der Waals surface area contributed by atoms with Gasteiger partial charge < -0.3 is 15.2 Å². The summed E-state index contributed by atoms with van der Waals surface area (Å²) in [4.78, 5) is 16.2. The molecule has 0 saturated carbocycles. The second-order valence-corrected chi connectivity index (χ2v) is 5.96. The Balaban J connectivity index is 1.70. The van der Waals surface area contributed by atoms with Gasteiger partial charge in [-0.15, -0.1) is 11.3 Å². The fourth-order valence-corrected chi connectivity index (χ4v) is 3.01. The molecule has 21 heavy (non-hydrogen) atoms. The highest BCUT2D eigenvalue weighted by molar-refractivity contribution is 7.18. The average Bonchev–Trinajstić information content (AvgIpc) is 2.88. The third-order valence-electron chi connectivity index (χ3n) is 3.03. The zero-order valence-electron chi connectivity index (χ0n) is 12.0. The second-order valence-electron chi connectivity index (χ2n) is 4.84. The first-order valence-corrected chi connectivity index (χ1v) is 7.79. The molecule has 1 aromatic carbocycles. The minimum absolute atomic E-state index is 0.0498. The number of aliphatic hydroxyl groups is 1. The molecule has 0 radical (unpaired) electrons. The lowest BCUT2D eigenvalue weighted by Gasteiger charge is -2.10. The first-order valence-electron chi connectivity index (χ1n) is 6.97. The smallest absolute Gasteiger partial charge is 0.220 e. The lowest BCUT2D eigenvalue weighted by molar-refractivity contribution is -0.121. The standard InChI is InChI=1S/C15H20N2O3S/c1-20-10-11(18)9-16-14(19)7-4-8-15-17-12-5-2-3-6-13(12)21-15/h2-3,5-6,11,18H,4,7-10H2,1H3,(H,16,19). The van der Waals surface area contributed by atoms with Gasteiger partial charge in [-0.1, -0.05) is 12.1 Å².